The average Bonchev–Trinajstić information content (AvgIpc) is 3.01. The van der Waals surface area contributed by atoms with Crippen molar-refractivity contribution in [3.8, 4) is 0 Å². The van der Waals surface area contributed by atoms with Gasteiger partial charge in [0, 0.05) is 12.3 Å². The maximum Gasteiger partial charge on any atom is 0.146 e. The number of ether oxygens (including phenoxy) is 1. The Morgan fingerprint density at radius 1 is 1.21 bits per heavy atom. The van der Waals surface area contributed by atoms with E-state index in [1.165, 1.54) is 12.0 Å². The number of ketones is 1. The smallest absolute Gasteiger partial charge is 0.146 e. The Morgan fingerprint density at radius 3 is 2.61 bits per heavy atom. The summed E-state index contributed by atoms with van der Waals surface area (Å²) in [6.45, 7) is 11.5. The van der Waals surface area contributed by atoms with E-state index in [0.29, 0.717) is 30.1 Å². The fraction of sp³-hybridized carbons (Fsp3) is 0.760. The van der Waals surface area contributed by atoms with E-state index in [4.69, 9.17) is 4.74 Å². The predicted octanol–water partition coefficient (Wildman–Crippen LogP) is 5.50. The van der Waals surface area contributed by atoms with Crippen molar-refractivity contribution >= 4 is 12.1 Å². The number of hydrogen-bond acceptors (Lipinski definition) is 3. The van der Waals surface area contributed by atoms with Crippen LogP contribution < -0.4 is 0 Å². The largest absolute Gasteiger partial charge is 0.498 e. The highest BCUT2D eigenvalue weighted by molar-refractivity contribution is 5.80. The Hall–Kier alpha value is -1.38. The van der Waals surface area contributed by atoms with E-state index in [9.17, 15) is 9.59 Å². The minimum atomic E-state index is 0.0592. The van der Waals surface area contributed by atoms with Crippen LogP contribution >= 0.6 is 0 Å². The number of carbonyl (C=O) groups is 2. The molecule has 3 nitrogen and oxygen atoms in total. The fourth-order valence-corrected chi connectivity index (χ4v) is 7.94. The van der Waals surface area contributed by atoms with Crippen molar-refractivity contribution in [1.29, 1.82) is 0 Å². The first-order valence-electron chi connectivity index (χ1n) is 11.3. The molecule has 4 aliphatic carbocycles. The lowest BCUT2D eigenvalue weighted by atomic mass is 9.45. The van der Waals surface area contributed by atoms with Crippen molar-refractivity contribution in [1.82, 2.24) is 0 Å². The molecule has 0 bridgehead atoms. The van der Waals surface area contributed by atoms with Crippen molar-refractivity contribution in [2.45, 2.75) is 73.1 Å². The number of hydrogen-bond donors (Lipinski definition) is 0. The van der Waals surface area contributed by atoms with Gasteiger partial charge in [-0.15, -0.1) is 0 Å². The van der Waals surface area contributed by atoms with Gasteiger partial charge >= 0.3 is 0 Å². The zero-order valence-electron chi connectivity index (χ0n) is 18.2. The third-order valence-electron chi connectivity index (χ3n) is 9.29. The van der Waals surface area contributed by atoms with E-state index in [1.54, 1.807) is 6.92 Å². The lowest BCUT2D eigenvalue weighted by Crippen LogP contribution is -2.53. The molecule has 2 fully saturated rings. The van der Waals surface area contributed by atoms with Crippen LogP contribution in [0, 0.1) is 40.4 Å². The fourth-order valence-electron chi connectivity index (χ4n) is 7.94. The predicted molar refractivity (Wildman–Crippen MR) is 111 cm³/mol. The molecule has 0 aromatic heterocycles. The van der Waals surface area contributed by atoms with Crippen molar-refractivity contribution in [3.63, 3.8) is 0 Å². The average molecular weight is 385 g/mol. The number of Topliss-reactive ketones (excluding diaryl/α,β-unsaturated/α-hetero) is 1. The van der Waals surface area contributed by atoms with E-state index >= 15 is 0 Å². The quantitative estimate of drug-likeness (QED) is 0.601. The third kappa shape index (κ3) is 2.60. The molecule has 0 aromatic carbocycles. The number of allylic oxidation sites excluding steroid dienone is 4. The highest BCUT2D eigenvalue weighted by Gasteiger charge is 2.61. The first-order chi connectivity index (χ1) is 13.3. The van der Waals surface area contributed by atoms with Crippen molar-refractivity contribution in [2.75, 3.05) is 6.61 Å². The number of aldehydes is 1. The summed E-state index contributed by atoms with van der Waals surface area (Å²) in [6, 6.07) is 0. The summed E-state index contributed by atoms with van der Waals surface area (Å²) in [5.74, 6) is 3.55. The molecule has 0 radical (unpaired) electrons. The molecule has 7 atom stereocenters. The highest BCUT2D eigenvalue weighted by atomic mass is 16.5. The topological polar surface area (TPSA) is 43.4 Å². The van der Waals surface area contributed by atoms with Gasteiger partial charge in [-0.05, 0) is 97.7 Å². The van der Waals surface area contributed by atoms with Crippen LogP contribution in [0.15, 0.2) is 23.0 Å². The monoisotopic (exact) mass is 384 g/mol. The molecule has 0 amide bonds. The first-order valence-corrected chi connectivity index (χ1v) is 11.3. The Morgan fingerprint density at radius 2 is 1.96 bits per heavy atom. The SMILES string of the molecule is CCOC1=CC2=C(C=O)C(C)[C@H]3[C@@H]4CC[C@H](C(C)=O)[C@@]4(C)CC[C@@H]3[C@@]2(C)CC1. The van der Waals surface area contributed by atoms with Gasteiger partial charge in [-0.2, -0.15) is 0 Å². The van der Waals surface area contributed by atoms with Crippen molar-refractivity contribution in [3.05, 3.63) is 23.0 Å². The number of fused-ring (bicyclic) bond motifs is 5. The molecule has 154 valence electrons. The van der Waals surface area contributed by atoms with Crippen LogP contribution in [0.2, 0.25) is 0 Å². The molecule has 0 N–H and O–H groups in total. The zero-order chi connectivity index (χ0) is 20.3. The molecule has 0 aromatic rings. The van der Waals surface area contributed by atoms with Gasteiger partial charge in [-0.1, -0.05) is 20.8 Å². The molecule has 4 rings (SSSR count). The lowest BCUT2D eigenvalue weighted by Gasteiger charge is -2.59. The molecule has 4 aliphatic rings. The maximum absolute atomic E-state index is 12.4. The molecular weight excluding hydrogens is 348 g/mol. The molecule has 3 heteroatoms. The van der Waals surface area contributed by atoms with Gasteiger partial charge in [-0.3, -0.25) is 9.59 Å². The second kappa shape index (κ2) is 6.85. The Kier molecular flexibility index (Phi) is 4.87. The van der Waals surface area contributed by atoms with Gasteiger partial charge in [0.1, 0.15) is 12.1 Å². The Labute approximate surface area is 170 Å². The van der Waals surface area contributed by atoms with E-state index in [-0.39, 0.29) is 22.7 Å². The molecule has 0 saturated heterocycles. The van der Waals surface area contributed by atoms with E-state index in [1.807, 2.05) is 6.92 Å². The normalized spacial score (nSPS) is 44.9. The molecule has 0 heterocycles. The summed E-state index contributed by atoms with van der Waals surface area (Å²) in [5.41, 5.74) is 2.42. The van der Waals surface area contributed by atoms with Gasteiger partial charge in [0.05, 0.1) is 12.4 Å². The first kappa shape index (κ1) is 19.9. The lowest BCUT2D eigenvalue weighted by molar-refractivity contribution is -0.128. The Balaban J connectivity index is 1.79. The van der Waals surface area contributed by atoms with Gasteiger partial charge in [0.25, 0.3) is 0 Å². The van der Waals surface area contributed by atoms with E-state index in [2.05, 4.69) is 26.8 Å². The summed E-state index contributed by atoms with van der Waals surface area (Å²) in [6.07, 6.45) is 9.86. The second-order valence-electron chi connectivity index (χ2n) is 10.3. The van der Waals surface area contributed by atoms with Crippen LogP contribution in [-0.2, 0) is 14.3 Å². The molecular formula is C25H36O3. The van der Waals surface area contributed by atoms with Gasteiger partial charge in [0.15, 0.2) is 0 Å². The van der Waals surface area contributed by atoms with Gasteiger partial charge in [-0.25, -0.2) is 0 Å². The van der Waals surface area contributed by atoms with Crippen LogP contribution in [-0.4, -0.2) is 18.7 Å². The standard InChI is InChI=1S/C25H36O3/c1-6-28-17-9-11-25(5)21-10-12-24(4)19(16(3)27)7-8-20(24)23(21)15(2)18(14-26)22(25)13-17/h13-15,19-21,23H,6-12H2,1-5H3/t15?,19-,20+,21+,23+,24-,25-/m1/s1. The van der Waals surface area contributed by atoms with E-state index < -0.39 is 0 Å². The highest BCUT2D eigenvalue weighted by Crippen LogP contribution is 2.68. The third-order valence-corrected chi connectivity index (χ3v) is 9.29. The second-order valence-corrected chi connectivity index (χ2v) is 10.3. The van der Waals surface area contributed by atoms with Crippen LogP contribution in [0.3, 0.4) is 0 Å². The van der Waals surface area contributed by atoms with Crippen molar-refractivity contribution < 1.29 is 14.3 Å². The summed E-state index contributed by atoms with van der Waals surface area (Å²) < 4.78 is 5.84. The van der Waals surface area contributed by atoms with Gasteiger partial charge < -0.3 is 4.74 Å². The van der Waals surface area contributed by atoms with Crippen molar-refractivity contribution in [2.24, 2.45) is 40.4 Å². The van der Waals surface area contributed by atoms with E-state index in [0.717, 1.165) is 49.7 Å². The van der Waals surface area contributed by atoms with Crippen LogP contribution in [0.4, 0.5) is 0 Å². The molecule has 1 unspecified atom stereocenters. The summed E-state index contributed by atoms with van der Waals surface area (Å²) in [5, 5.41) is 0. The van der Waals surface area contributed by atoms with Crippen LogP contribution in [0.1, 0.15) is 73.1 Å². The minimum absolute atomic E-state index is 0.0592. The number of rotatable bonds is 4. The molecule has 0 spiro atoms. The van der Waals surface area contributed by atoms with Gasteiger partial charge in [0.2, 0.25) is 0 Å². The van der Waals surface area contributed by atoms with Crippen LogP contribution in [0.5, 0.6) is 0 Å². The number of carbonyl (C=O) groups excluding carboxylic acids is 2. The minimum Gasteiger partial charge on any atom is -0.498 e. The van der Waals surface area contributed by atoms with Crippen LogP contribution in [0.25, 0.3) is 0 Å². The Bertz CT molecular complexity index is 747. The maximum atomic E-state index is 12.4. The summed E-state index contributed by atoms with van der Waals surface area (Å²) in [4.78, 5) is 24.6. The molecule has 28 heavy (non-hydrogen) atoms. The molecule has 0 aliphatic heterocycles. The summed E-state index contributed by atoms with van der Waals surface area (Å²) in [7, 11) is 0. The molecule has 2 saturated carbocycles. The summed E-state index contributed by atoms with van der Waals surface area (Å²) >= 11 is 0. The zero-order valence-corrected chi connectivity index (χ0v) is 18.2.